The SMILES string of the molecule is C[C@@H](NC(=O)COC(=O)[C@H]1CS[C@@]2(C)CCC(=O)N12)c1cccc(Cl)c1. The number of ether oxygens (including phenoxy) is 1. The number of rotatable bonds is 5. The van der Waals surface area contributed by atoms with Crippen LogP contribution in [0.4, 0.5) is 0 Å². The first-order valence-electron chi connectivity index (χ1n) is 8.48. The van der Waals surface area contributed by atoms with Crippen LogP contribution in [0.25, 0.3) is 0 Å². The van der Waals surface area contributed by atoms with Crippen molar-refractivity contribution in [2.24, 2.45) is 0 Å². The maximum Gasteiger partial charge on any atom is 0.330 e. The molecule has 2 fully saturated rings. The summed E-state index contributed by atoms with van der Waals surface area (Å²) in [4.78, 5) is 37.8. The number of carbonyl (C=O) groups excluding carboxylic acids is 3. The van der Waals surface area contributed by atoms with Crippen molar-refractivity contribution in [2.75, 3.05) is 12.4 Å². The van der Waals surface area contributed by atoms with Crippen LogP contribution in [-0.4, -0.2) is 46.0 Å². The Morgan fingerprint density at radius 2 is 2.27 bits per heavy atom. The summed E-state index contributed by atoms with van der Waals surface area (Å²) in [6.07, 6.45) is 1.18. The number of benzene rings is 1. The van der Waals surface area contributed by atoms with Gasteiger partial charge in [0.2, 0.25) is 5.91 Å². The Kier molecular flexibility index (Phi) is 5.48. The zero-order valence-corrected chi connectivity index (χ0v) is 16.2. The molecule has 2 amide bonds. The molecule has 2 aliphatic heterocycles. The largest absolute Gasteiger partial charge is 0.454 e. The fourth-order valence-electron chi connectivity index (χ4n) is 3.37. The minimum absolute atomic E-state index is 0.0292. The predicted molar refractivity (Wildman–Crippen MR) is 99.7 cm³/mol. The van der Waals surface area contributed by atoms with Crippen LogP contribution in [0.15, 0.2) is 24.3 Å². The van der Waals surface area contributed by atoms with E-state index in [0.717, 1.165) is 12.0 Å². The van der Waals surface area contributed by atoms with E-state index in [9.17, 15) is 14.4 Å². The second kappa shape index (κ2) is 7.48. The third kappa shape index (κ3) is 3.83. The van der Waals surface area contributed by atoms with Gasteiger partial charge >= 0.3 is 5.97 Å². The molecule has 3 rings (SSSR count). The van der Waals surface area contributed by atoms with E-state index in [2.05, 4.69) is 5.32 Å². The van der Waals surface area contributed by atoms with Gasteiger partial charge in [0.15, 0.2) is 6.61 Å². The van der Waals surface area contributed by atoms with Gasteiger partial charge in [-0.15, -0.1) is 11.8 Å². The first kappa shape index (κ1) is 19.0. The number of hydrogen-bond acceptors (Lipinski definition) is 5. The fourth-order valence-corrected chi connectivity index (χ4v) is 4.99. The van der Waals surface area contributed by atoms with Gasteiger partial charge in [0.05, 0.1) is 10.9 Å². The number of hydrogen-bond donors (Lipinski definition) is 1. The molecule has 0 saturated carbocycles. The van der Waals surface area contributed by atoms with Crippen LogP contribution in [0.1, 0.15) is 38.3 Å². The standard InChI is InChI=1S/C18H21ClN2O4S/c1-11(12-4-3-5-13(19)8-12)20-15(22)9-25-17(24)14-10-26-18(2)7-6-16(23)21(14)18/h3-5,8,11,14H,6-7,9-10H2,1-2H3,(H,20,22)/t11-,14-,18+/m1/s1. The third-order valence-electron chi connectivity index (χ3n) is 4.79. The van der Waals surface area contributed by atoms with Gasteiger partial charge in [0, 0.05) is 17.2 Å². The number of halogens is 1. The molecule has 3 atom stereocenters. The molecule has 140 valence electrons. The molecule has 26 heavy (non-hydrogen) atoms. The molecule has 2 aliphatic rings. The van der Waals surface area contributed by atoms with Crippen molar-refractivity contribution >= 4 is 41.1 Å². The van der Waals surface area contributed by atoms with Crippen molar-refractivity contribution in [1.82, 2.24) is 10.2 Å². The number of nitrogens with one attached hydrogen (secondary N) is 1. The molecular weight excluding hydrogens is 376 g/mol. The van der Waals surface area contributed by atoms with Crippen LogP contribution in [0, 0.1) is 0 Å². The topological polar surface area (TPSA) is 75.7 Å². The third-order valence-corrected chi connectivity index (χ3v) is 6.53. The zero-order chi connectivity index (χ0) is 18.9. The average molecular weight is 397 g/mol. The highest BCUT2D eigenvalue weighted by molar-refractivity contribution is 8.01. The zero-order valence-electron chi connectivity index (χ0n) is 14.7. The molecule has 2 saturated heterocycles. The van der Waals surface area contributed by atoms with E-state index in [4.69, 9.17) is 16.3 Å². The maximum absolute atomic E-state index is 12.4. The van der Waals surface area contributed by atoms with E-state index in [1.165, 1.54) is 0 Å². The summed E-state index contributed by atoms with van der Waals surface area (Å²) in [6.45, 7) is 3.42. The van der Waals surface area contributed by atoms with E-state index in [0.29, 0.717) is 17.2 Å². The molecule has 1 aromatic carbocycles. The Morgan fingerprint density at radius 3 is 3.00 bits per heavy atom. The molecule has 0 bridgehead atoms. The van der Waals surface area contributed by atoms with Crippen LogP contribution in [0.3, 0.4) is 0 Å². The van der Waals surface area contributed by atoms with Gasteiger partial charge in [-0.25, -0.2) is 4.79 Å². The minimum atomic E-state index is -0.613. The van der Waals surface area contributed by atoms with Gasteiger partial charge in [0.25, 0.3) is 5.91 Å². The highest BCUT2D eigenvalue weighted by Crippen LogP contribution is 2.47. The molecule has 0 radical (unpaired) electrons. The first-order chi connectivity index (χ1) is 12.3. The number of nitrogens with zero attached hydrogens (tertiary/aromatic N) is 1. The quantitative estimate of drug-likeness (QED) is 0.774. The molecule has 0 spiro atoms. The van der Waals surface area contributed by atoms with Gasteiger partial charge in [-0.05, 0) is 38.0 Å². The summed E-state index contributed by atoms with van der Waals surface area (Å²) in [5.74, 6) is -0.450. The number of esters is 1. The van der Waals surface area contributed by atoms with E-state index < -0.39 is 17.9 Å². The lowest BCUT2D eigenvalue weighted by atomic mass is 10.1. The molecular formula is C18H21ClN2O4S. The molecule has 0 aromatic heterocycles. The van der Waals surface area contributed by atoms with Gasteiger partial charge in [-0.1, -0.05) is 23.7 Å². The molecule has 6 nitrogen and oxygen atoms in total. The van der Waals surface area contributed by atoms with Crippen molar-refractivity contribution in [2.45, 2.75) is 43.6 Å². The molecule has 2 heterocycles. The van der Waals surface area contributed by atoms with E-state index >= 15 is 0 Å². The summed E-state index contributed by atoms with van der Waals surface area (Å²) in [5.41, 5.74) is 0.864. The smallest absolute Gasteiger partial charge is 0.330 e. The molecule has 1 aromatic rings. The second-order valence-corrected chi connectivity index (χ2v) is 8.66. The number of fused-ring (bicyclic) bond motifs is 1. The Hall–Kier alpha value is -1.73. The van der Waals surface area contributed by atoms with Gasteiger partial charge < -0.3 is 15.0 Å². The highest BCUT2D eigenvalue weighted by atomic mass is 35.5. The molecule has 0 unspecified atom stereocenters. The van der Waals surface area contributed by atoms with Crippen molar-refractivity contribution in [3.8, 4) is 0 Å². The van der Waals surface area contributed by atoms with E-state index in [1.807, 2.05) is 26.0 Å². The van der Waals surface area contributed by atoms with Gasteiger partial charge in [-0.2, -0.15) is 0 Å². The van der Waals surface area contributed by atoms with Crippen LogP contribution >= 0.6 is 23.4 Å². The molecule has 0 aliphatic carbocycles. The summed E-state index contributed by atoms with van der Waals surface area (Å²) < 4.78 is 5.17. The van der Waals surface area contributed by atoms with Crippen LogP contribution in [-0.2, 0) is 19.1 Å². The highest BCUT2D eigenvalue weighted by Gasteiger charge is 2.53. The summed E-state index contributed by atoms with van der Waals surface area (Å²) in [5, 5.41) is 3.36. The monoisotopic (exact) mass is 396 g/mol. The number of thioether (sulfide) groups is 1. The Balaban J connectivity index is 1.51. The van der Waals surface area contributed by atoms with Crippen LogP contribution in [0.5, 0.6) is 0 Å². The van der Waals surface area contributed by atoms with Crippen molar-refractivity contribution in [3.05, 3.63) is 34.9 Å². The fraction of sp³-hybridized carbons (Fsp3) is 0.500. The molecule has 1 N–H and O–H groups in total. The summed E-state index contributed by atoms with van der Waals surface area (Å²) >= 11 is 7.54. The molecule has 8 heteroatoms. The first-order valence-corrected chi connectivity index (χ1v) is 9.84. The Morgan fingerprint density at radius 1 is 1.50 bits per heavy atom. The normalized spacial score (nSPS) is 25.7. The van der Waals surface area contributed by atoms with Gasteiger partial charge in [0.1, 0.15) is 6.04 Å². The van der Waals surface area contributed by atoms with Crippen molar-refractivity contribution in [1.29, 1.82) is 0 Å². The van der Waals surface area contributed by atoms with Crippen molar-refractivity contribution in [3.63, 3.8) is 0 Å². The minimum Gasteiger partial charge on any atom is -0.454 e. The van der Waals surface area contributed by atoms with Gasteiger partial charge in [-0.3, -0.25) is 9.59 Å². The summed E-state index contributed by atoms with van der Waals surface area (Å²) in [6, 6.07) is 6.33. The lowest BCUT2D eigenvalue weighted by Crippen LogP contribution is -2.47. The number of carbonyl (C=O) groups is 3. The second-order valence-electron chi connectivity index (χ2n) is 6.72. The lowest BCUT2D eigenvalue weighted by Gasteiger charge is -2.29. The predicted octanol–water partition coefficient (Wildman–Crippen LogP) is 2.51. The average Bonchev–Trinajstić information content (AvgIpc) is 3.09. The lowest BCUT2D eigenvalue weighted by molar-refractivity contribution is -0.156. The maximum atomic E-state index is 12.4. The van der Waals surface area contributed by atoms with E-state index in [-0.39, 0.29) is 23.4 Å². The Labute approximate surface area is 161 Å². The van der Waals surface area contributed by atoms with Crippen LogP contribution in [0.2, 0.25) is 5.02 Å². The summed E-state index contributed by atoms with van der Waals surface area (Å²) in [7, 11) is 0. The van der Waals surface area contributed by atoms with E-state index in [1.54, 1.807) is 28.8 Å². The Bertz CT molecular complexity index is 744. The number of amides is 2. The van der Waals surface area contributed by atoms with Crippen LogP contribution < -0.4 is 5.32 Å². The van der Waals surface area contributed by atoms with Crippen molar-refractivity contribution < 1.29 is 19.1 Å².